The fourth-order valence-corrected chi connectivity index (χ4v) is 2.59. The molecule has 3 aromatic rings. The predicted octanol–water partition coefficient (Wildman–Crippen LogP) is 2.23. The topological polar surface area (TPSA) is 122 Å². The van der Waals surface area contributed by atoms with Gasteiger partial charge in [0.15, 0.2) is 11.5 Å². The molecule has 0 saturated carbocycles. The molecule has 1 aliphatic heterocycles. The van der Waals surface area contributed by atoms with Gasteiger partial charge in [-0.25, -0.2) is 9.37 Å². The number of carbonyl (C=O) groups excluding carboxylic acids is 1. The Hall–Kier alpha value is -3.31. The zero-order valence-corrected chi connectivity index (χ0v) is 13.3. The zero-order chi connectivity index (χ0) is 19.3. The average Bonchev–Trinajstić information content (AvgIpc) is 3.08. The van der Waals surface area contributed by atoms with Gasteiger partial charge in [-0.1, -0.05) is 6.07 Å². The lowest BCUT2D eigenvalue weighted by atomic mass is 10.1. The van der Waals surface area contributed by atoms with Crippen LogP contribution in [0, 0.1) is 5.82 Å². The molecule has 0 bridgehead atoms. The van der Waals surface area contributed by atoms with Gasteiger partial charge in [0.1, 0.15) is 12.0 Å². The molecule has 5 N–H and O–H groups in total. The van der Waals surface area contributed by atoms with Crippen LogP contribution in [0.4, 0.5) is 19.1 Å². The molecule has 8 nitrogen and oxygen atoms in total. The predicted molar refractivity (Wildman–Crippen MR) is 85.8 cm³/mol. The van der Waals surface area contributed by atoms with Crippen LogP contribution >= 0.6 is 0 Å². The summed E-state index contributed by atoms with van der Waals surface area (Å²) in [5, 5.41) is 11.6. The van der Waals surface area contributed by atoms with Crippen molar-refractivity contribution in [1.29, 1.82) is 0 Å². The number of aliphatic hydroxyl groups excluding tert-OH is 1. The van der Waals surface area contributed by atoms with Gasteiger partial charge in [0.25, 0.3) is 5.91 Å². The number of amides is 1. The Bertz CT molecular complexity index is 1020. The number of alkyl halides is 2. The monoisotopic (exact) mass is 380 g/mol. The number of nitrogens with one attached hydrogen (secondary N) is 2. The third-order valence-electron chi connectivity index (χ3n) is 3.82. The van der Waals surface area contributed by atoms with Crippen LogP contribution in [0.2, 0.25) is 0 Å². The Kier molecular flexibility index (Phi) is 3.71. The van der Waals surface area contributed by atoms with E-state index in [0.717, 1.165) is 12.1 Å². The van der Waals surface area contributed by atoms with Crippen molar-refractivity contribution in [1.82, 2.24) is 9.97 Å². The van der Waals surface area contributed by atoms with Gasteiger partial charge in [0, 0.05) is 12.1 Å². The van der Waals surface area contributed by atoms with Crippen molar-refractivity contribution in [3.05, 3.63) is 47.3 Å². The number of rotatable bonds is 3. The highest BCUT2D eigenvalue weighted by atomic mass is 19.3. The van der Waals surface area contributed by atoms with E-state index in [-0.39, 0.29) is 34.1 Å². The van der Waals surface area contributed by atoms with Gasteiger partial charge in [0.2, 0.25) is 5.95 Å². The second-order valence-electron chi connectivity index (χ2n) is 5.71. The highest BCUT2D eigenvalue weighted by molar-refractivity contribution is 6.04. The summed E-state index contributed by atoms with van der Waals surface area (Å²) in [5.74, 6) is -2.10. The maximum atomic E-state index is 14.0. The zero-order valence-electron chi connectivity index (χ0n) is 13.3. The van der Waals surface area contributed by atoms with Crippen LogP contribution in [0.1, 0.15) is 22.1 Å². The first-order valence-electron chi connectivity index (χ1n) is 7.56. The Balaban J connectivity index is 1.58. The number of aliphatic hydroxyl groups is 1. The smallest absolute Gasteiger partial charge is 0.395 e. The standard InChI is InChI=1S/C16H11F3N4O4/c17-8-3-6(13(20)24)1-2-7(8)14(25)23-15-21-9-4-11-12(5-10(9)22-15)27-16(18,19)26-11/h1-5,13,24H,20H2,(H2,21,22,23,25). The Morgan fingerprint density at radius 1 is 1.26 bits per heavy atom. The van der Waals surface area contributed by atoms with Crippen LogP contribution < -0.4 is 20.5 Å². The fourth-order valence-electron chi connectivity index (χ4n) is 2.59. The lowest BCUT2D eigenvalue weighted by Crippen LogP contribution is -2.25. The quantitative estimate of drug-likeness (QED) is 0.517. The second kappa shape index (κ2) is 5.86. The van der Waals surface area contributed by atoms with Crippen molar-refractivity contribution < 1.29 is 32.5 Å². The SMILES string of the molecule is NC(O)c1ccc(C(=O)Nc2nc3cc4c(cc3[nH]2)OC(F)(F)O4)c(F)c1. The van der Waals surface area contributed by atoms with Crippen LogP contribution in [0.25, 0.3) is 11.0 Å². The lowest BCUT2D eigenvalue weighted by molar-refractivity contribution is -0.286. The molecule has 2 aromatic carbocycles. The van der Waals surface area contributed by atoms with E-state index in [0.29, 0.717) is 5.52 Å². The molecular formula is C16H11F3N4O4. The number of imidazole rings is 1. The molecule has 2 heterocycles. The van der Waals surface area contributed by atoms with Crippen LogP contribution in [-0.2, 0) is 0 Å². The number of benzene rings is 2. The van der Waals surface area contributed by atoms with Gasteiger partial charge in [-0.05, 0) is 17.7 Å². The van der Waals surface area contributed by atoms with Gasteiger partial charge >= 0.3 is 6.29 Å². The van der Waals surface area contributed by atoms with Crippen LogP contribution in [0.5, 0.6) is 11.5 Å². The number of H-pyrrole nitrogens is 1. The molecule has 1 unspecified atom stereocenters. The van der Waals surface area contributed by atoms with Gasteiger partial charge in [-0.2, -0.15) is 0 Å². The van der Waals surface area contributed by atoms with E-state index in [4.69, 9.17) is 5.73 Å². The number of carbonyl (C=O) groups is 1. The molecule has 1 aliphatic rings. The van der Waals surface area contributed by atoms with E-state index in [9.17, 15) is 23.1 Å². The molecule has 0 aliphatic carbocycles. The minimum Gasteiger partial charge on any atom is -0.395 e. The minimum atomic E-state index is -3.75. The van der Waals surface area contributed by atoms with E-state index in [2.05, 4.69) is 24.8 Å². The molecule has 0 saturated heterocycles. The number of halogens is 3. The Morgan fingerprint density at radius 2 is 1.96 bits per heavy atom. The molecular weight excluding hydrogens is 369 g/mol. The summed E-state index contributed by atoms with van der Waals surface area (Å²) in [6.45, 7) is 0. The van der Waals surface area contributed by atoms with Gasteiger partial charge < -0.3 is 25.3 Å². The number of hydrogen-bond donors (Lipinski definition) is 4. The second-order valence-corrected chi connectivity index (χ2v) is 5.71. The highest BCUT2D eigenvalue weighted by Crippen LogP contribution is 2.42. The largest absolute Gasteiger partial charge is 0.586 e. The molecule has 11 heteroatoms. The number of nitrogens with zero attached hydrogens (tertiary/aromatic N) is 1. The van der Waals surface area contributed by atoms with Crippen molar-refractivity contribution in [2.24, 2.45) is 5.73 Å². The molecule has 1 atom stereocenters. The van der Waals surface area contributed by atoms with E-state index in [1.807, 2.05) is 0 Å². The maximum Gasteiger partial charge on any atom is 0.586 e. The van der Waals surface area contributed by atoms with Crippen molar-refractivity contribution >= 4 is 22.9 Å². The normalized spacial score (nSPS) is 15.7. The van der Waals surface area contributed by atoms with Crippen LogP contribution in [0.15, 0.2) is 30.3 Å². The number of anilines is 1. The van der Waals surface area contributed by atoms with Gasteiger partial charge in [-0.3, -0.25) is 10.1 Å². The number of aromatic nitrogens is 2. The summed E-state index contributed by atoms with van der Waals surface area (Å²) in [4.78, 5) is 19.0. The summed E-state index contributed by atoms with van der Waals surface area (Å²) in [7, 11) is 0. The number of nitrogens with two attached hydrogens (primary N) is 1. The lowest BCUT2D eigenvalue weighted by Gasteiger charge is -2.07. The number of aromatic amines is 1. The summed E-state index contributed by atoms with van der Waals surface area (Å²) < 4.78 is 48.8. The van der Waals surface area contributed by atoms with Crippen molar-refractivity contribution in [2.45, 2.75) is 12.5 Å². The molecule has 27 heavy (non-hydrogen) atoms. The number of hydrogen-bond acceptors (Lipinski definition) is 6. The summed E-state index contributed by atoms with van der Waals surface area (Å²) in [6, 6.07) is 5.87. The molecule has 0 spiro atoms. The minimum absolute atomic E-state index is 0.0345. The van der Waals surface area contributed by atoms with E-state index in [1.165, 1.54) is 18.2 Å². The van der Waals surface area contributed by atoms with Crippen molar-refractivity contribution in [3.8, 4) is 11.5 Å². The molecule has 1 aromatic heterocycles. The highest BCUT2D eigenvalue weighted by Gasteiger charge is 2.43. The molecule has 0 radical (unpaired) electrons. The molecule has 1 amide bonds. The maximum absolute atomic E-state index is 14.0. The summed E-state index contributed by atoms with van der Waals surface area (Å²) in [5.41, 5.74) is 5.58. The van der Waals surface area contributed by atoms with E-state index >= 15 is 0 Å². The van der Waals surface area contributed by atoms with Gasteiger partial charge in [0.05, 0.1) is 16.6 Å². The number of ether oxygens (including phenoxy) is 2. The first kappa shape index (κ1) is 17.1. The third-order valence-corrected chi connectivity index (χ3v) is 3.82. The van der Waals surface area contributed by atoms with E-state index in [1.54, 1.807) is 0 Å². The molecule has 140 valence electrons. The van der Waals surface area contributed by atoms with Gasteiger partial charge in [-0.15, -0.1) is 8.78 Å². The van der Waals surface area contributed by atoms with Crippen LogP contribution in [0.3, 0.4) is 0 Å². The molecule has 0 fully saturated rings. The van der Waals surface area contributed by atoms with Crippen molar-refractivity contribution in [3.63, 3.8) is 0 Å². The Labute approximate surface area is 148 Å². The fraction of sp³-hybridized carbons (Fsp3) is 0.125. The number of fused-ring (bicyclic) bond motifs is 2. The van der Waals surface area contributed by atoms with Crippen LogP contribution in [-0.4, -0.2) is 27.3 Å². The molecule has 4 rings (SSSR count). The summed E-state index contributed by atoms with van der Waals surface area (Å²) >= 11 is 0. The first-order chi connectivity index (χ1) is 12.7. The van der Waals surface area contributed by atoms with E-state index < -0.39 is 24.2 Å². The average molecular weight is 380 g/mol. The summed E-state index contributed by atoms with van der Waals surface area (Å²) in [6.07, 6.45) is -5.12. The Morgan fingerprint density at radius 3 is 2.63 bits per heavy atom. The third kappa shape index (κ3) is 3.13. The van der Waals surface area contributed by atoms with Crippen molar-refractivity contribution in [2.75, 3.05) is 5.32 Å². The first-order valence-corrected chi connectivity index (χ1v) is 7.56.